The highest BCUT2D eigenvalue weighted by atomic mass is 32.2. The van der Waals surface area contributed by atoms with Gasteiger partial charge in [-0.05, 0) is 57.1 Å². The number of hydrogen-bond donors (Lipinski definition) is 0. The summed E-state index contributed by atoms with van der Waals surface area (Å²) in [6.07, 6.45) is 3.83. The minimum absolute atomic E-state index is 0.0360. The molecule has 0 amide bonds. The molecule has 24 heavy (non-hydrogen) atoms. The molecule has 1 fully saturated rings. The van der Waals surface area contributed by atoms with Crippen LogP contribution in [-0.2, 0) is 18.3 Å². The summed E-state index contributed by atoms with van der Waals surface area (Å²) in [5.41, 5.74) is -0.0360. The molecule has 2 aromatic heterocycles. The van der Waals surface area contributed by atoms with Crippen molar-refractivity contribution in [1.29, 1.82) is 0 Å². The van der Waals surface area contributed by atoms with Gasteiger partial charge in [-0.25, -0.2) is 0 Å². The lowest BCUT2D eigenvalue weighted by Crippen LogP contribution is -2.45. The lowest BCUT2D eigenvalue weighted by Gasteiger charge is -2.40. The predicted molar refractivity (Wildman–Crippen MR) is 93.0 cm³/mol. The average Bonchev–Trinajstić information content (AvgIpc) is 3.14. The van der Waals surface area contributed by atoms with E-state index in [1.807, 2.05) is 17.7 Å². The van der Waals surface area contributed by atoms with E-state index in [1.54, 1.807) is 6.33 Å². The van der Waals surface area contributed by atoms with Crippen LogP contribution in [0, 0.1) is 0 Å². The third-order valence-electron chi connectivity index (χ3n) is 4.45. The molecule has 3 rings (SSSR count). The van der Waals surface area contributed by atoms with Gasteiger partial charge in [0.2, 0.25) is 0 Å². The van der Waals surface area contributed by atoms with Crippen molar-refractivity contribution in [2.45, 2.75) is 62.0 Å². The number of nitrogens with zero attached hydrogens (tertiary/aromatic N) is 4. The zero-order valence-corrected chi connectivity index (χ0v) is 15.7. The summed E-state index contributed by atoms with van der Waals surface area (Å²) in [5.74, 6) is 0.991. The first-order valence-electron chi connectivity index (χ1n) is 8.45. The lowest BCUT2D eigenvalue weighted by atomic mass is 9.92. The second kappa shape index (κ2) is 7.29. The Labute approximate surface area is 147 Å². The summed E-state index contributed by atoms with van der Waals surface area (Å²) in [6, 6.07) is 4.61. The first-order chi connectivity index (χ1) is 11.5. The van der Waals surface area contributed by atoms with E-state index in [0.29, 0.717) is 6.04 Å². The van der Waals surface area contributed by atoms with Crippen molar-refractivity contribution < 1.29 is 9.15 Å². The number of aromatic nitrogens is 3. The van der Waals surface area contributed by atoms with Gasteiger partial charge < -0.3 is 13.7 Å². The van der Waals surface area contributed by atoms with Crippen molar-refractivity contribution >= 4 is 11.8 Å². The van der Waals surface area contributed by atoms with Crippen molar-refractivity contribution in [2.24, 2.45) is 7.05 Å². The summed E-state index contributed by atoms with van der Waals surface area (Å²) < 4.78 is 13.7. The van der Waals surface area contributed by atoms with Gasteiger partial charge in [-0.15, -0.1) is 10.2 Å². The van der Waals surface area contributed by atoms with E-state index in [2.05, 4.69) is 41.9 Å². The van der Waals surface area contributed by atoms with Gasteiger partial charge in [0.15, 0.2) is 10.2 Å². The molecular weight excluding hydrogens is 324 g/mol. The molecule has 3 heterocycles. The van der Waals surface area contributed by atoms with Gasteiger partial charge in [-0.1, -0.05) is 6.92 Å². The van der Waals surface area contributed by atoms with E-state index in [4.69, 9.17) is 9.15 Å². The zero-order chi connectivity index (χ0) is 17.2. The zero-order valence-electron chi connectivity index (χ0n) is 14.9. The molecule has 0 N–H and O–H groups in total. The van der Waals surface area contributed by atoms with Gasteiger partial charge in [-0.3, -0.25) is 4.90 Å². The summed E-state index contributed by atoms with van der Waals surface area (Å²) in [4.78, 5) is 2.49. The van der Waals surface area contributed by atoms with Crippen LogP contribution < -0.4 is 0 Å². The van der Waals surface area contributed by atoms with Crippen LogP contribution in [0.25, 0.3) is 0 Å². The van der Waals surface area contributed by atoms with E-state index in [1.165, 1.54) is 11.8 Å². The molecular formula is C17H26N4O2S. The molecule has 132 valence electrons. The van der Waals surface area contributed by atoms with Gasteiger partial charge in [-0.2, -0.15) is 0 Å². The van der Waals surface area contributed by atoms with Crippen molar-refractivity contribution in [2.75, 3.05) is 13.2 Å². The quantitative estimate of drug-likeness (QED) is 0.796. The van der Waals surface area contributed by atoms with Gasteiger partial charge in [0.1, 0.15) is 12.1 Å². The molecule has 1 aliphatic heterocycles. The summed E-state index contributed by atoms with van der Waals surface area (Å²) >= 11 is 1.50. The van der Waals surface area contributed by atoms with Gasteiger partial charge in [0.25, 0.3) is 0 Å². The highest BCUT2D eigenvalue weighted by molar-refractivity contribution is 7.99. The van der Waals surface area contributed by atoms with Crippen molar-refractivity contribution in [3.05, 3.63) is 24.2 Å². The van der Waals surface area contributed by atoms with E-state index < -0.39 is 0 Å². The van der Waals surface area contributed by atoms with Crippen LogP contribution >= 0.6 is 11.8 Å². The predicted octanol–water partition coefficient (Wildman–Crippen LogP) is 3.34. The number of ether oxygens (including phenoxy) is 1. The Hall–Kier alpha value is -1.31. The second-order valence-electron chi connectivity index (χ2n) is 6.87. The van der Waals surface area contributed by atoms with Crippen LogP contribution in [0.4, 0.5) is 0 Å². The van der Waals surface area contributed by atoms with Crippen LogP contribution in [0.5, 0.6) is 0 Å². The Balaban J connectivity index is 1.63. The van der Waals surface area contributed by atoms with Crippen LogP contribution in [-0.4, -0.2) is 44.5 Å². The number of rotatable bonds is 6. The van der Waals surface area contributed by atoms with E-state index in [9.17, 15) is 0 Å². The van der Waals surface area contributed by atoms with Crippen molar-refractivity contribution in [3.8, 4) is 0 Å². The Morgan fingerprint density at radius 2 is 2.25 bits per heavy atom. The maximum absolute atomic E-state index is 6.00. The minimum atomic E-state index is -0.0360. The van der Waals surface area contributed by atoms with Crippen LogP contribution in [0.2, 0.25) is 0 Å². The van der Waals surface area contributed by atoms with Crippen LogP contribution in [0.15, 0.2) is 33.1 Å². The normalized spacial score (nSPS) is 20.6. The first-order valence-corrected chi connectivity index (χ1v) is 9.27. The number of aryl methyl sites for hydroxylation is 1. The van der Waals surface area contributed by atoms with Gasteiger partial charge in [0, 0.05) is 19.7 Å². The highest BCUT2D eigenvalue weighted by Gasteiger charge is 2.32. The smallest absolute Gasteiger partial charge is 0.198 e. The molecule has 0 saturated carbocycles. The van der Waals surface area contributed by atoms with Crippen molar-refractivity contribution in [1.82, 2.24) is 19.7 Å². The molecule has 0 aliphatic carbocycles. The molecule has 0 unspecified atom stereocenters. The molecule has 0 aromatic carbocycles. The molecule has 2 aromatic rings. The molecule has 0 radical (unpaired) electrons. The molecule has 0 bridgehead atoms. The Morgan fingerprint density at radius 3 is 2.92 bits per heavy atom. The van der Waals surface area contributed by atoms with Crippen molar-refractivity contribution in [3.63, 3.8) is 0 Å². The second-order valence-corrected chi connectivity index (χ2v) is 7.84. The Kier molecular flexibility index (Phi) is 5.32. The monoisotopic (exact) mass is 350 g/mol. The summed E-state index contributed by atoms with van der Waals surface area (Å²) in [5, 5.41) is 9.65. The fourth-order valence-electron chi connectivity index (χ4n) is 3.16. The number of hydrogen-bond acceptors (Lipinski definition) is 6. The molecule has 6 nitrogen and oxygen atoms in total. The fourth-order valence-corrected chi connectivity index (χ4v) is 3.91. The Morgan fingerprint density at radius 1 is 1.42 bits per heavy atom. The molecule has 1 aliphatic rings. The first kappa shape index (κ1) is 17.5. The standard InChI is InChI=1S/C17H26N4O2S/c1-5-21(13-8-9-22-17(2,3)10-13)11-14-6-7-15(23-14)24-16-19-18-12-20(16)4/h6-7,12-13H,5,8-11H2,1-4H3/t13-/m1/s1. The van der Waals surface area contributed by atoms with Crippen LogP contribution in [0.3, 0.4) is 0 Å². The lowest BCUT2D eigenvalue weighted by molar-refractivity contribution is -0.0845. The molecule has 1 saturated heterocycles. The molecule has 0 spiro atoms. The SMILES string of the molecule is CCN(Cc1ccc(Sc2nncn2C)o1)[C@@H]1CCOC(C)(C)C1. The maximum Gasteiger partial charge on any atom is 0.198 e. The third-order valence-corrected chi connectivity index (χ3v) is 5.42. The van der Waals surface area contributed by atoms with E-state index in [0.717, 1.165) is 48.5 Å². The molecule has 7 heteroatoms. The molecule has 1 atom stereocenters. The number of furan rings is 1. The van der Waals surface area contributed by atoms with Crippen LogP contribution in [0.1, 0.15) is 39.4 Å². The average molecular weight is 350 g/mol. The summed E-state index contributed by atoms with van der Waals surface area (Å²) in [6.45, 7) is 9.23. The third kappa shape index (κ3) is 4.20. The van der Waals surface area contributed by atoms with E-state index >= 15 is 0 Å². The summed E-state index contributed by atoms with van der Waals surface area (Å²) in [7, 11) is 1.93. The van der Waals surface area contributed by atoms with Gasteiger partial charge in [0.05, 0.1) is 12.1 Å². The largest absolute Gasteiger partial charge is 0.453 e. The fraction of sp³-hybridized carbons (Fsp3) is 0.647. The highest BCUT2D eigenvalue weighted by Crippen LogP contribution is 2.30. The Bertz CT molecular complexity index is 667. The topological polar surface area (TPSA) is 56.3 Å². The minimum Gasteiger partial charge on any atom is -0.453 e. The van der Waals surface area contributed by atoms with E-state index in [-0.39, 0.29) is 5.60 Å². The van der Waals surface area contributed by atoms with Gasteiger partial charge >= 0.3 is 0 Å². The maximum atomic E-state index is 6.00.